The van der Waals surface area contributed by atoms with E-state index in [0.717, 1.165) is 25.8 Å². The fourth-order valence-electron chi connectivity index (χ4n) is 2.28. The summed E-state index contributed by atoms with van der Waals surface area (Å²) in [5.74, 6) is 1.23. The third kappa shape index (κ3) is 10.3. The lowest BCUT2D eigenvalue weighted by molar-refractivity contribution is -0.120. The molecule has 0 aliphatic heterocycles. The number of rotatable bonds is 9. The van der Waals surface area contributed by atoms with Crippen LogP contribution in [0.15, 0.2) is 29.3 Å². The zero-order valence-corrected chi connectivity index (χ0v) is 18.2. The van der Waals surface area contributed by atoms with Crippen LogP contribution in [0.3, 0.4) is 0 Å². The number of nitrogens with one attached hydrogen (secondary N) is 3. The number of hydrogen-bond donors (Lipinski definition) is 3. The fraction of sp³-hybridized carbons (Fsp3) is 0.579. The molecule has 5 nitrogen and oxygen atoms in total. The van der Waals surface area contributed by atoms with Gasteiger partial charge in [0.1, 0.15) is 0 Å². The van der Waals surface area contributed by atoms with Crippen LogP contribution in [0.5, 0.6) is 0 Å². The number of carbonyl (C=O) groups is 1. The lowest BCUT2D eigenvalue weighted by atomic mass is 10.0. The van der Waals surface area contributed by atoms with Gasteiger partial charge in [-0.2, -0.15) is 0 Å². The normalized spacial score (nSPS) is 11.0. The van der Waals surface area contributed by atoms with Gasteiger partial charge in [-0.05, 0) is 36.3 Å². The second-order valence-electron chi connectivity index (χ2n) is 6.20. The van der Waals surface area contributed by atoms with Crippen LogP contribution in [0.25, 0.3) is 0 Å². The van der Waals surface area contributed by atoms with Crippen molar-refractivity contribution in [2.45, 2.75) is 46.0 Å². The first kappa shape index (κ1) is 23.7. The van der Waals surface area contributed by atoms with E-state index >= 15 is 0 Å². The van der Waals surface area contributed by atoms with Crippen LogP contribution < -0.4 is 16.0 Å². The highest BCUT2D eigenvalue weighted by atomic mass is 127. The van der Waals surface area contributed by atoms with Gasteiger partial charge < -0.3 is 16.0 Å². The SMILES string of the molecule is CCCNC(=O)CNC(=NC)NCCCc1ccc(C(C)C)cc1.I. The third-order valence-electron chi connectivity index (χ3n) is 3.79. The molecular formula is C19H33IN4O. The number of hydrogen-bond acceptors (Lipinski definition) is 2. The van der Waals surface area contributed by atoms with Crippen LogP contribution >= 0.6 is 24.0 Å². The molecule has 0 fully saturated rings. The minimum atomic E-state index is -0.00922. The summed E-state index contributed by atoms with van der Waals surface area (Å²) in [6.07, 6.45) is 2.99. The highest BCUT2D eigenvalue weighted by Gasteiger charge is 2.03. The fourth-order valence-corrected chi connectivity index (χ4v) is 2.28. The number of aryl methyl sites for hydroxylation is 1. The molecule has 6 heteroatoms. The topological polar surface area (TPSA) is 65.5 Å². The van der Waals surface area contributed by atoms with E-state index in [0.29, 0.717) is 18.4 Å². The molecule has 0 unspecified atom stereocenters. The summed E-state index contributed by atoms with van der Waals surface area (Å²) < 4.78 is 0. The molecule has 3 N–H and O–H groups in total. The van der Waals surface area contributed by atoms with Crippen molar-refractivity contribution in [1.82, 2.24) is 16.0 Å². The maximum absolute atomic E-state index is 11.6. The van der Waals surface area contributed by atoms with Crippen LogP contribution in [0.1, 0.15) is 50.7 Å². The van der Waals surface area contributed by atoms with Gasteiger partial charge >= 0.3 is 0 Å². The molecule has 0 atom stereocenters. The second-order valence-corrected chi connectivity index (χ2v) is 6.20. The predicted octanol–water partition coefficient (Wildman–Crippen LogP) is 3.05. The third-order valence-corrected chi connectivity index (χ3v) is 3.79. The summed E-state index contributed by atoms with van der Waals surface area (Å²) in [5.41, 5.74) is 2.73. The molecule has 0 aliphatic carbocycles. The molecule has 0 heterocycles. The van der Waals surface area contributed by atoms with Crippen LogP contribution in [-0.2, 0) is 11.2 Å². The average molecular weight is 460 g/mol. The Kier molecular flexibility index (Phi) is 13.2. The first-order chi connectivity index (χ1) is 11.6. The van der Waals surface area contributed by atoms with E-state index in [-0.39, 0.29) is 36.4 Å². The largest absolute Gasteiger partial charge is 0.356 e. The molecule has 1 aromatic rings. The van der Waals surface area contributed by atoms with Crippen molar-refractivity contribution in [3.63, 3.8) is 0 Å². The molecule has 0 spiro atoms. The highest BCUT2D eigenvalue weighted by molar-refractivity contribution is 14.0. The summed E-state index contributed by atoms with van der Waals surface area (Å²) in [5, 5.41) is 9.09. The van der Waals surface area contributed by atoms with Gasteiger partial charge in [-0.1, -0.05) is 45.0 Å². The van der Waals surface area contributed by atoms with E-state index in [2.05, 4.69) is 59.1 Å². The monoisotopic (exact) mass is 460 g/mol. The van der Waals surface area contributed by atoms with E-state index in [1.54, 1.807) is 7.05 Å². The van der Waals surface area contributed by atoms with Crippen molar-refractivity contribution in [3.05, 3.63) is 35.4 Å². The predicted molar refractivity (Wildman–Crippen MR) is 117 cm³/mol. The summed E-state index contributed by atoms with van der Waals surface area (Å²) in [7, 11) is 1.71. The number of amides is 1. The van der Waals surface area contributed by atoms with Crippen molar-refractivity contribution in [1.29, 1.82) is 0 Å². The Hall–Kier alpha value is -1.31. The first-order valence-electron chi connectivity index (χ1n) is 8.86. The van der Waals surface area contributed by atoms with Gasteiger partial charge in [0.25, 0.3) is 0 Å². The summed E-state index contributed by atoms with van der Waals surface area (Å²) in [6, 6.07) is 8.84. The number of aliphatic imine (C=N–C) groups is 1. The second kappa shape index (κ2) is 13.9. The number of carbonyl (C=O) groups excluding carboxylic acids is 1. The van der Waals surface area contributed by atoms with Crippen molar-refractivity contribution >= 4 is 35.8 Å². The molecule has 142 valence electrons. The van der Waals surface area contributed by atoms with E-state index < -0.39 is 0 Å². The lowest BCUT2D eigenvalue weighted by Gasteiger charge is -2.12. The lowest BCUT2D eigenvalue weighted by Crippen LogP contribution is -2.43. The Morgan fingerprint density at radius 2 is 1.76 bits per heavy atom. The van der Waals surface area contributed by atoms with Crippen molar-refractivity contribution < 1.29 is 4.79 Å². The van der Waals surface area contributed by atoms with Gasteiger partial charge in [-0.25, -0.2) is 0 Å². The standard InChI is InChI=1S/C19H32N4O.HI/c1-5-12-21-18(24)14-23-19(20-4)22-13-6-7-16-8-10-17(11-9-16)15(2)3;/h8-11,15H,5-7,12-14H2,1-4H3,(H,21,24)(H2,20,22,23);1H. The molecule has 0 bridgehead atoms. The highest BCUT2D eigenvalue weighted by Crippen LogP contribution is 2.15. The maximum atomic E-state index is 11.6. The van der Waals surface area contributed by atoms with E-state index in [1.807, 2.05) is 6.92 Å². The smallest absolute Gasteiger partial charge is 0.239 e. The van der Waals surface area contributed by atoms with E-state index in [4.69, 9.17) is 0 Å². The quantitative estimate of drug-likeness (QED) is 0.230. The molecule has 1 aromatic carbocycles. The number of benzene rings is 1. The molecule has 0 saturated carbocycles. The van der Waals surface area contributed by atoms with Gasteiger partial charge in [-0.3, -0.25) is 9.79 Å². The maximum Gasteiger partial charge on any atom is 0.239 e. The zero-order chi connectivity index (χ0) is 17.8. The average Bonchev–Trinajstić information content (AvgIpc) is 2.59. The number of nitrogens with zero attached hydrogens (tertiary/aromatic N) is 1. The minimum Gasteiger partial charge on any atom is -0.356 e. The van der Waals surface area contributed by atoms with Crippen LogP contribution in [0, 0.1) is 0 Å². The van der Waals surface area contributed by atoms with Gasteiger partial charge in [0.2, 0.25) is 5.91 Å². The van der Waals surface area contributed by atoms with Crippen LogP contribution in [0.2, 0.25) is 0 Å². The molecule has 0 aliphatic rings. The minimum absolute atomic E-state index is 0. The Labute approximate surface area is 169 Å². The van der Waals surface area contributed by atoms with Gasteiger partial charge in [0, 0.05) is 20.1 Å². The number of guanidine groups is 1. The van der Waals surface area contributed by atoms with Gasteiger partial charge in [-0.15, -0.1) is 24.0 Å². The zero-order valence-electron chi connectivity index (χ0n) is 15.9. The summed E-state index contributed by atoms with van der Waals surface area (Å²) in [6.45, 7) is 8.23. The Morgan fingerprint density at radius 1 is 1.08 bits per heavy atom. The Morgan fingerprint density at radius 3 is 2.32 bits per heavy atom. The summed E-state index contributed by atoms with van der Waals surface area (Å²) in [4.78, 5) is 15.7. The first-order valence-corrected chi connectivity index (χ1v) is 8.86. The van der Waals surface area contributed by atoms with Crippen molar-refractivity contribution in [2.75, 3.05) is 26.7 Å². The van der Waals surface area contributed by atoms with Gasteiger partial charge in [0.05, 0.1) is 6.54 Å². The van der Waals surface area contributed by atoms with Crippen molar-refractivity contribution in [2.24, 2.45) is 4.99 Å². The molecule has 1 amide bonds. The van der Waals surface area contributed by atoms with Crippen LogP contribution in [0.4, 0.5) is 0 Å². The Balaban J connectivity index is 0.00000576. The van der Waals surface area contributed by atoms with Crippen molar-refractivity contribution in [3.8, 4) is 0 Å². The molecular weight excluding hydrogens is 427 g/mol. The molecule has 1 rings (SSSR count). The van der Waals surface area contributed by atoms with Gasteiger partial charge in [0.15, 0.2) is 5.96 Å². The molecule has 0 saturated heterocycles. The Bertz CT molecular complexity index is 515. The molecule has 0 radical (unpaired) electrons. The van der Waals surface area contributed by atoms with E-state index in [1.165, 1.54) is 11.1 Å². The van der Waals surface area contributed by atoms with Crippen LogP contribution in [-0.4, -0.2) is 38.5 Å². The number of halogens is 1. The van der Waals surface area contributed by atoms with E-state index in [9.17, 15) is 4.79 Å². The summed E-state index contributed by atoms with van der Waals surface area (Å²) >= 11 is 0. The molecule has 25 heavy (non-hydrogen) atoms. The molecule has 0 aromatic heterocycles.